The lowest BCUT2D eigenvalue weighted by Crippen LogP contribution is -2.33. The number of rotatable bonds is 4. The third-order valence-electron chi connectivity index (χ3n) is 3.39. The molecule has 3 atom stereocenters. The fourth-order valence-electron chi connectivity index (χ4n) is 2.62. The van der Waals surface area contributed by atoms with Crippen molar-refractivity contribution < 1.29 is 14.2 Å². The van der Waals surface area contributed by atoms with Crippen molar-refractivity contribution in [1.82, 2.24) is 0 Å². The maximum Gasteiger partial charge on any atom is 0.166 e. The van der Waals surface area contributed by atoms with Gasteiger partial charge in [-0.3, -0.25) is 0 Å². The van der Waals surface area contributed by atoms with Crippen LogP contribution in [0.25, 0.3) is 0 Å². The van der Waals surface area contributed by atoms with Gasteiger partial charge in [0.1, 0.15) is 0 Å². The molecule has 4 heteroatoms. The molecule has 16 heavy (non-hydrogen) atoms. The average Bonchev–Trinajstić information content (AvgIpc) is 2.62. The Morgan fingerprint density at radius 1 is 1.38 bits per heavy atom. The predicted molar refractivity (Wildman–Crippen MR) is 61.1 cm³/mol. The molecule has 2 saturated heterocycles. The van der Waals surface area contributed by atoms with Gasteiger partial charge < -0.3 is 19.9 Å². The Balaban J connectivity index is 1.79. The van der Waals surface area contributed by atoms with Crippen molar-refractivity contribution in [2.24, 2.45) is 11.7 Å². The summed E-state index contributed by atoms with van der Waals surface area (Å²) in [6.45, 7) is 5.14. The minimum Gasteiger partial charge on any atom is -0.381 e. The zero-order valence-electron chi connectivity index (χ0n) is 10.1. The van der Waals surface area contributed by atoms with Crippen LogP contribution >= 0.6 is 0 Å². The van der Waals surface area contributed by atoms with Gasteiger partial charge in [0.25, 0.3) is 0 Å². The third kappa shape index (κ3) is 3.17. The fraction of sp³-hybridized carbons (Fsp3) is 1.00. The smallest absolute Gasteiger partial charge is 0.166 e. The molecule has 0 radical (unpaired) electrons. The highest BCUT2D eigenvalue weighted by Gasteiger charge is 2.38. The highest BCUT2D eigenvalue weighted by Crippen LogP contribution is 2.33. The first-order valence-corrected chi connectivity index (χ1v) is 6.31. The molecular formula is C12H23NO3. The Hall–Kier alpha value is -0.160. The minimum atomic E-state index is -0.412. The summed E-state index contributed by atoms with van der Waals surface area (Å²) in [5.41, 5.74) is 5.53. The largest absolute Gasteiger partial charge is 0.381 e. The van der Waals surface area contributed by atoms with E-state index in [0.717, 1.165) is 32.5 Å². The maximum atomic E-state index is 5.93. The number of hydrogen-bond acceptors (Lipinski definition) is 4. The molecular weight excluding hydrogens is 206 g/mol. The first-order valence-electron chi connectivity index (χ1n) is 6.31. The summed E-state index contributed by atoms with van der Waals surface area (Å²) in [7, 11) is 0. The topological polar surface area (TPSA) is 53.7 Å². The Morgan fingerprint density at radius 3 is 2.94 bits per heavy atom. The highest BCUT2D eigenvalue weighted by atomic mass is 16.7. The molecule has 0 saturated carbocycles. The van der Waals surface area contributed by atoms with E-state index >= 15 is 0 Å². The summed E-state index contributed by atoms with van der Waals surface area (Å²) in [6, 6.07) is 0. The molecule has 0 aromatic heterocycles. The van der Waals surface area contributed by atoms with Gasteiger partial charge in [0.2, 0.25) is 0 Å². The molecule has 0 amide bonds. The molecule has 2 rings (SSSR count). The minimum absolute atomic E-state index is 0.180. The van der Waals surface area contributed by atoms with E-state index in [1.54, 1.807) is 0 Å². The number of ether oxygens (including phenoxy) is 3. The normalized spacial score (nSPS) is 40.1. The van der Waals surface area contributed by atoms with E-state index in [9.17, 15) is 0 Å². The van der Waals surface area contributed by atoms with Crippen molar-refractivity contribution in [2.75, 3.05) is 26.4 Å². The van der Waals surface area contributed by atoms with Crippen molar-refractivity contribution in [2.45, 2.75) is 44.5 Å². The molecule has 4 nitrogen and oxygen atoms in total. The van der Waals surface area contributed by atoms with Gasteiger partial charge >= 0.3 is 0 Å². The van der Waals surface area contributed by atoms with Crippen LogP contribution in [0.3, 0.4) is 0 Å². The predicted octanol–water partition coefficient (Wildman–Crippen LogP) is 1.28. The second-order valence-corrected chi connectivity index (χ2v) is 5.05. The summed E-state index contributed by atoms with van der Waals surface area (Å²) in [5.74, 6) is 0.168. The maximum absolute atomic E-state index is 5.93. The lowest BCUT2D eigenvalue weighted by Gasteiger charge is -2.30. The first-order chi connectivity index (χ1) is 7.72. The quantitative estimate of drug-likeness (QED) is 0.789. The van der Waals surface area contributed by atoms with Crippen LogP contribution in [0.1, 0.15) is 32.6 Å². The van der Waals surface area contributed by atoms with Crippen LogP contribution < -0.4 is 5.73 Å². The molecule has 0 bridgehead atoms. The monoisotopic (exact) mass is 229 g/mol. The summed E-state index contributed by atoms with van der Waals surface area (Å²) < 4.78 is 17.2. The molecule has 0 aliphatic carbocycles. The van der Waals surface area contributed by atoms with Gasteiger partial charge in [-0.1, -0.05) is 0 Å². The van der Waals surface area contributed by atoms with Crippen LogP contribution in [0.15, 0.2) is 0 Å². The second-order valence-electron chi connectivity index (χ2n) is 5.05. The Kier molecular flexibility index (Phi) is 4.19. The summed E-state index contributed by atoms with van der Waals surface area (Å²) in [4.78, 5) is 0. The molecule has 94 valence electrons. The second kappa shape index (κ2) is 5.45. The van der Waals surface area contributed by atoms with E-state index in [1.165, 1.54) is 6.42 Å². The molecule has 2 aliphatic heterocycles. The van der Waals surface area contributed by atoms with E-state index in [4.69, 9.17) is 19.9 Å². The molecule has 2 heterocycles. The molecule has 2 aliphatic rings. The molecule has 2 fully saturated rings. The number of nitrogens with two attached hydrogens (primary N) is 1. The zero-order valence-corrected chi connectivity index (χ0v) is 10.1. The zero-order chi connectivity index (χ0) is 11.4. The lowest BCUT2D eigenvalue weighted by molar-refractivity contribution is -0.172. The van der Waals surface area contributed by atoms with Crippen molar-refractivity contribution in [3.63, 3.8) is 0 Å². The van der Waals surface area contributed by atoms with Crippen LogP contribution in [0.4, 0.5) is 0 Å². The highest BCUT2D eigenvalue weighted by molar-refractivity contribution is 4.79. The van der Waals surface area contributed by atoms with Crippen LogP contribution in [0.2, 0.25) is 0 Å². The van der Waals surface area contributed by atoms with Crippen molar-refractivity contribution in [3.8, 4) is 0 Å². The molecule has 0 spiro atoms. The lowest BCUT2D eigenvalue weighted by atomic mass is 9.94. The molecule has 0 aromatic rings. The van der Waals surface area contributed by atoms with Gasteiger partial charge in [-0.25, -0.2) is 0 Å². The fourth-order valence-corrected chi connectivity index (χ4v) is 2.62. The first kappa shape index (κ1) is 12.3. The van der Waals surface area contributed by atoms with E-state index in [2.05, 4.69) is 0 Å². The van der Waals surface area contributed by atoms with Gasteiger partial charge in [0, 0.05) is 19.6 Å². The molecule has 3 unspecified atom stereocenters. The Morgan fingerprint density at radius 2 is 2.25 bits per heavy atom. The Labute approximate surface area is 97.4 Å². The van der Waals surface area contributed by atoms with E-state index in [-0.39, 0.29) is 6.10 Å². The van der Waals surface area contributed by atoms with Gasteiger partial charge in [0.05, 0.1) is 12.7 Å². The van der Waals surface area contributed by atoms with Gasteiger partial charge in [-0.05, 0) is 38.6 Å². The van der Waals surface area contributed by atoms with Gasteiger partial charge in [-0.15, -0.1) is 0 Å². The van der Waals surface area contributed by atoms with E-state index in [0.29, 0.717) is 19.1 Å². The SMILES string of the molecule is CC1(CC2CCCOC2)OCC(CCN)O1. The number of hydrogen-bond donors (Lipinski definition) is 1. The summed E-state index contributed by atoms with van der Waals surface area (Å²) in [5, 5.41) is 0. The van der Waals surface area contributed by atoms with Crippen LogP contribution in [-0.2, 0) is 14.2 Å². The average molecular weight is 229 g/mol. The van der Waals surface area contributed by atoms with Crippen LogP contribution in [-0.4, -0.2) is 38.3 Å². The van der Waals surface area contributed by atoms with Crippen molar-refractivity contribution in [3.05, 3.63) is 0 Å². The van der Waals surface area contributed by atoms with Crippen molar-refractivity contribution >= 4 is 0 Å². The van der Waals surface area contributed by atoms with E-state index < -0.39 is 5.79 Å². The van der Waals surface area contributed by atoms with E-state index in [1.807, 2.05) is 6.92 Å². The third-order valence-corrected chi connectivity index (χ3v) is 3.39. The summed E-state index contributed by atoms with van der Waals surface area (Å²) in [6.07, 6.45) is 4.39. The van der Waals surface area contributed by atoms with Gasteiger partial charge in [-0.2, -0.15) is 0 Å². The van der Waals surface area contributed by atoms with Gasteiger partial charge in [0.15, 0.2) is 5.79 Å². The van der Waals surface area contributed by atoms with Crippen LogP contribution in [0, 0.1) is 5.92 Å². The summed E-state index contributed by atoms with van der Waals surface area (Å²) >= 11 is 0. The standard InChI is InChI=1S/C12H23NO3/c1-12(7-10-3-2-6-14-8-10)15-9-11(16-12)4-5-13/h10-11H,2-9,13H2,1H3. The van der Waals surface area contributed by atoms with Crippen LogP contribution in [0.5, 0.6) is 0 Å². The molecule has 0 aromatic carbocycles. The van der Waals surface area contributed by atoms with Crippen molar-refractivity contribution in [1.29, 1.82) is 0 Å². The molecule has 2 N–H and O–H groups in total. The Bertz CT molecular complexity index is 218.